The van der Waals surface area contributed by atoms with E-state index in [9.17, 15) is 0 Å². The Hall–Kier alpha value is 0.0969. The molecule has 0 radical (unpaired) electrons. The molecule has 1 saturated heterocycles. The van der Waals surface area contributed by atoms with Crippen LogP contribution in [0.15, 0.2) is 0 Å². The van der Waals surface area contributed by atoms with Gasteiger partial charge in [-0.1, -0.05) is 19.8 Å². The van der Waals surface area contributed by atoms with Crippen LogP contribution in [0.4, 0.5) is 0 Å². The molecule has 2 fully saturated rings. The first-order chi connectivity index (χ1) is 9.26. The molecule has 4 unspecified atom stereocenters. The molecule has 112 valence electrons. The van der Waals surface area contributed by atoms with Gasteiger partial charge < -0.3 is 13.6 Å². The van der Waals surface area contributed by atoms with Crippen LogP contribution in [0, 0.1) is 5.92 Å². The van der Waals surface area contributed by atoms with Gasteiger partial charge in [-0.3, -0.25) is 0 Å². The molecule has 4 heteroatoms. The minimum atomic E-state index is -1.44. The summed E-state index contributed by atoms with van der Waals surface area (Å²) in [5.41, 5.74) is 0.624. The van der Waals surface area contributed by atoms with Gasteiger partial charge in [0.05, 0.1) is 12.2 Å². The normalized spacial score (nSPS) is 31.3. The van der Waals surface area contributed by atoms with Crippen molar-refractivity contribution in [3.05, 3.63) is 0 Å². The third-order valence-electron chi connectivity index (χ3n) is 4.51. The third-order valence-corrected chi connectivity index (χ3v) is 7.10. The Morgan fingerprint density at radius 3 is 2.63 bits per heavy atom. The van der Waals surface area contributed by atoms with E-state index >= 15 is 0 Å². The number of hydrogen-bond acceptors (Lipinski definition) is 3. The van der Waals surface area contributed by atoms with Crippen LogP contribution in [-0.2, 0) is 13.6 Å². The summed E-state index contributed by atoms with van der Waals surface area (Å²) in [6.07, 6.45) is 9.21. The second-order valence-corrected chi connectivity index (χ2v) is 8.56. The Morgan fingerprint density at radius 1 is 1.21 bits per heavy atom. The lowest BCUT2D eigenvalue weighted by molar-refractivity contribution is 0.202. The lowest BCUT2D eigenvalue weighted by Crippen LogP contribution is -2.28. The van der Waals surface area contributed by atoms with Crippen LogP contribution in [0.5, 0.6) is 0 Å². The second-order valence-electron chi connectivity index (χ2n) is 6.02. The highest BCUT2D eigenvalue weighted by atomic mass is 28.3. The molecule has 0 spiro atoms. The van der Waals surface area contributed by atoms with Gasteiger partial charge >= 0.3 is 9.28 Å². The Labute approximate surface area is 119 Å². The van der Waals surface area contributed by atoms with Gasteiger partial charge in [0.2, 0.25) is 0 Å². The number of ether oxygens (including phenoxy) is 1. The largest absolute Gasteiger partial charge is 0.397 e. The third kappa shape index (κ3) is 4.55. The molecule has 3 nitrogen and oxygen atoms in total. The summed E-state index contributed by atoms with van der Waals surface area (Å²) in [6, 6.07) is 0. The van der Waals surface area contributed by atoms with Crippen molar-refractivity contribution >= 4 is 9.28 Å². The lowest BCUT2D eigenvalue weighted by atomic mass is 9.85. The first kappa shape index (κ1) is 15.5. The lowest BCUT2D eigenvalue weighted by Gasteiger charge is -2.23. The predicted octanol–water partition coefficient (Wildman–Crippen LogP) is 3.41. The summed E-state index contributed by atoms with van der Waals surface area (Å²) in [4.78, 5) is 0. The Morgan fingerprint density at radius 2 is 1.95 bits per heavy atom. The molecule has 0 amide bonds. The van der Waals surface area contributed by atoms with Gasteiger partial charge in [-0.2, -0.15) is 0 Å². The fourth-order valence-electron chi connectivity index (χ4n) is 3.40. The zero-order valence-electron chi connectivity index (χ0n) is 12.8. The van der Waals surface area contributed by atoms with Crippen LogP contribution in [0.1, 0.15) is 59.3 Å². The van der Waals surface area contributed by atoms with Crippen molar-refractivity contribution in [2.45, 2.75) is 77.0 Å². The van der Waals surface area contributed by atoms with Crippen LogP contribution in [0.25, 0.3) is 0 Å². The summed E-state index contributed by atoms with van der Waals surface area (Å²) < 4.78 is 17.3. The second kappa shape index (κ2) is 7.77. The number of epoxide rings is 1. The van der Waals surface area contributed by atoms with Crippen LogP contribution in [0.2, 0.25) is 5.54 Å². The Balaban J connectivity index is 1.63. The van der Waals surface area contributed by atoms with Gasteiger partial charge in [-0.15, -0.1) is 0 Å². The maximum Gasteiger partial charge on any atom is 0.324 e. The van der Waals surface area contributed by atoms with Crippen LogP contribution >= 0.6 is 0 Å². The van der Waals surface area contributed by atoms with Gasteiger partial charge in [0.25, 0.3) is 0 Å². The van der Waals surface area contributed by atoms with Crippen molar-refractivity contribution in [2.75, 3.05) is 13.2 Å². The number of hydrogen-bond donors (Lipinski definition) is 0. The van der Waals surface area contributed by atoms with Crippen molar-refractivity contribution in [3.63, 3.8) is 0 Å². The molecule has 0 bridgehead atoms. The van der Waals surface area contributed by atoms with Crippen LogP contribution in [0.3, 0.4) is 0 Å². The molecule has 1 aliphatic heterocycles. The molecule has 0 N–H and O–H groups in total. The van der Waals surface area contributed by atoms with E-state index in [-0.39, 0.29) is 0 Å². The van der Waals surface area contributed by atoms with Gasteiger partial charge in [0.15, 0.2) is 0 Å². The molecule has 1 heterocycles. The average Bonchev–Trinajstić information content (AvgIpc) is 3.18. The highest BCUT2D eigenvalue weighted by Crippen LogP contribution is 2.43. The van der Waals surface area contributed by atoms with Crippen molar-refractivity contribution in [1.82, 2.24) is 0 Å². The number of fused-ring (bicyclic) bond motifs is 1. The summed E-state index contributed by atoms with van der Waals surface area (Å²) >= 11 is 0. The standard InChI is InChI=1S/C15H30O3Si/c1-4-16-19(17-5-2)12(3)8-6-9-13-10-7-11-14-15(13)18-14/h12-15,19H,4-11H2,1-3H3. The molecule has 0 aromatic carbocycles. The van der Waals surface area contributed by atoms with E-state index in [1.165, 1.54) is 38.5 Å². The summed E-state index contributed by atoms with van der Waals surface area (Å²) in [5.74, 6) is 0.838. The van der Waals surface area contributed by atoms with E-state index in [0.717, 1.165) is 19.1 Å². The van der Waals surface area contributed by atoms with E-state index in [2.05, 4.69) is 20.8 Å². The maximum absolute atomic E-state index is 5.81. The zero-order valence-corrected chi connectivity index (χ0v) is 13.9. The van der Waals surface area contributed by atoms with Crippen LogP contribution < -0.4 is 0 Å². The number of rotatable bonds is 9. The molecular formula is C15H30O3Si. The Bertz CT molecular complexity index is 256. The first-order valence-corrected chi connectivity index (χ1v) is 9.75. The summed E-state index contributed by atoms with van der Waals surface area (Å²) in [7, 11) is -1.44. The van der Waals surface area contributed by atoms with Gasteiger partial charge in [-0.25, -0.2) is 0 Å². The van der Waals surface area contributed by atoms with Crippen molar-refractivity contribution in [2.24, 2.45) is 5.92 Å². The monoisotopic (exact) mass is 286 g/mol. The van der Waals surface area contributed by atoms with Crippen molar-refractivity contribution < 1.29 is 13.6 Å². The molecule has 2 rings (SSSR count). The molecule has 2 aliphatic rings. The zero-order chi connectivity index (χ0) is 13.7. The van der Waals surface area contributed by atoms with E-state index < -0.39 is 9.28 Å². The molecule has 1 aliphatic carbocycles. The van der Waals surface area contributed by atoms with E-state index in [0.29, 0.717) is 17.7 Å². The minimum Gasteiger partial charge on any atom is -0.397 e. The maximum atomic E-state index is 5.81. The molecule has 0 aromatic heterocycles. The van der Waals surface area contributed by atoms with Gasteiger partial charge in [0.1, 0.15) is 0 Å². The summed E-state index contributed by atoms with van der Waals surface area (Å²) in [5, 5.41) is 0. The molecule has 0 aromatic rings. The fourth-order valence-corrected chi connectivity index (χ4v) is 5.32. The van der Waals surface area contributed by atoms with Crippen LogP contribution in [-0.4, -0.2) is 34.7 Å². The predicted molar refractivity (Wildman–Crippen MR) is 79.7 cm³/mol. The van der Waals surface area contributed by atoms with Crippen molar-refractivity contribution in [1.29, 1.82) is 0 Å². The van der Waals surface area contributed by atoms with E-state index in [1.807, 2.05) is 0 Å². The SMILES string of the molecule is CCO[SiH](OCC)C(C)CCCC1CCCC2OC12. The fraction of sp³-hybridized carbons (Fsp3) is 1.00. The highest BCUT2D eigenvalue weighted by Gasteiger charge is 2.46. The first-order valence-electron chi connectivity index (χ1n) is 8.14. The smallest absolute Gasteiger partial charge is 0.324 e. The molecule has 4 atom stereocenters. The quantitative estimate of drug-likeness (QED) is 0.481. The topological polar surface area (TPSA) is 31.0 Å². The average molecular weight is 286 g/mol. The molecule has 19 heavy (non-hydrogen) atoms. The van der Waals surface area contributed by atoms with Gasteiger partial charge in [-0.05, 0) is 51.0 Å². The molecule has 1 saturated carbocycles. The van der Waals surface area contributed by atoms with Crippen molar-refractivity contribution in [3.8, 4) is 0 Å². The highest BCUT2D eigenvalue weighted by molar-refractivity contribution is 6.46. The summed E-state index contributed by atoms with van der Waals surface area (Å²) in [6.45, 7) is 8.03. The van der Waals surface area contributed by atoms with E-state index in [4.69, 9.17) is 13.6 Å². The van der Waals surface area contributed by atoms with Gasteiger partial charge in [0, 0.05) is 13.2 Å². The van der Waals surface area contributed by atoms with E-state index in [1.54, 1.807) is 0 Å². The Kier molecular flexibility index (Phi) is 6.33. The molecular weight excluding hydrogens is 256 g/mol. The minimum absolute atomic E-state index is 0.621.